The van der Waals surface area contributed by atoms with Gasteiger partial charge in [-0.25, -0.2) is 0 Å². The number of aliphatic imine (C=N–C) groups is 1. The quantitative estimate of drug-likeness (QED) is 0.552. The molecule has 28 heavy (non-hydrogen) atoms. The minimum absolute atomic E-state index is 0.0487. The lowest BCUT2D eigenvalue weighted by Gasteiger charge is -2.27. The van der Waals surface area contributed by atoms with Crippen LogP contribution in [0.25, 0.3) is 10.8 Å². The maximum Gasteiger partial charge on any atom is 0.198 e. The number of nitrogens with two attached hydrogens (primary N) is 1. The number of morpholine rings is 1. The van der Waals surface area contributed by atoms with Crippen LogP contribution in [0.5, 0.6) is 5.75 Å². The van der Waals surface area contributed by atoms with Gasteiger partial charge in [0, 0.05) is 25.1 Å². The van der Waals surface area contributed by atoms with E-state index in [2.05, 4.69) is 41.3 Å². The number of fused-ring (bicyclic) bond motifs is 1. The maximum atomic E-state index is 6.09. The Balaban J connectivity index is 1.53. The Morgan fingerprint density at radius 1 is 1.14 bits per heavy atom. The van der Waals surface area contributed by atoms with Gasteiger partial charge in [0.2, 0.25) is 0 Å². The van der Waals surface area contributed by atoms with Crippen molar-refractivity contribution in [2.24, 2.45) is 10.7 Å². The predicted molar refractivity (Wildman–Crippen MR) is 108 cm³/mol. The molecule has 4 rings (SSSR count). The second kappa shape index (κ2) is 7.90. The van der Waals surface area contributed by atoms with Crippen molar-refractivity contribution in [2.75, 3.05) is 33.4 Å². The van der Waals surface area contributed by atoms with Crippen molar-refractivity contribution in [3.8, 4) is 5.75 Å². The summed E-state index contributed by atoms with van der Waals surface area (Å²) >= 11 is 0. The molecular weight excluding hydrogens is 356 g/mol. The first kappa shape index (κ1) is 18.3. The highest BCUT2D eigenvalue weighted by molar-refractivity contribution is 5.84. The van der Waals surface area contributed by atoms with Gasteiger partial charge in [-0.2, -0.15) is 4.99 Å². The fourth-order valence-corrected chi connectivity index (χ4v) is 3.32. The summed E-state index contributed by atoms with van der Waals surface area (Å²) in [5.74, 6) is 2.57. The van der Waals surface area contributed by atoms with E-state index in [1.807, 2.05) is 23.1 Å². The Morgan fingerprint density at radius 3 is 2.68 bits per heavy atom. The summed E-state index contributed by atoms with van der Waals surface area (Å²) in [6.07, 6.45) is 0. The smallest absolute Gasteiger partial charge is 0.198 e. The molecule has 1 aromatic heterocycles. The van der Waals surface area contributed by atoms with Crippen molar-refractivity contribution in [1.82, 2.24) is 10.1 Å². The summed E-state index contributed by atoms with van der Waals surface area (Å²) in [6.45, 7) is 4.87. The van der Waals surface area contributed by atoms with Gasteiger partial charge in [-0.1, -0.05) is 36.3 Å². The molecule has 1 fully saturated rings. The lowest BCUT2D eigenvalue weighted by Crippen LogP contribution is -2.44. The molecule has 1 unspecified atom stereocenters. The zero-order chi connectivity index (χ0) is 19.5. The Bertz CT molecular complexity index is 992. The fraction of sp³-hybridized carbons (Fsp3) is 0.333. The zero-order valence-corrected chi connectivity index (χ0v) is 16.1. The monoisotopic (exact) mass is 380 g/mol. The molecule has 1 aliphatic rings. The molecule has 1 aliphatic heterocycles. The average Bonchev–Trinajstić information content (AvgIpc) is 3.21. The van der Waals surface area contributed by atoms with Crippen LogP contribution in [0, 0.1) is 0 Å². The molecule has 7 heteroatoms. The number of aromatic nitrogens is 1. The van der Waals surface area contributed by atoms with Crippen LogP contribution in [0.1, 0.15) is 24.2 Å². The van der Waals surface area contributed by atoms with Crippen molar-refractivity contribution < 1.29 is 14.0 Å². The van der Waals surface area contributed by atoms with Gasteiger partial charge in [0.25, 0.3) is 0 Å². The largest absolute Gasteiger partial charge is 0.497 e. The van der Waals surface area contributed by atoms with Crippen LogP contribution in [0.4, 0.5) is 5.82 Å². The number of ether oxygens (including phenoxy) is 2. The summed E-state index contributed by atoms with van der Waals surface area (Å²) in [6, 6.07) is 14.2. The third kappa shape index (κ3) is 3.80. The molecule has 0 bridgehead atoms. The first-order valence-corrected chi connectivity index (χ1v) is 9.35. The first-order chi connectivity index (χ1) is 13.6. The Hall–Kier alpha value is -3.06. The van der Waals surface area contributed by atoms with E-state index >= 15 is 0 Å². The summed E-state index contributed by atoms with van der Waals surface area (Å²) in [5.41, 5.74) is 7.24. The molecule has 0 amide bonds. The van der Waals surface area contributed by atoms with Crippen LogP contribution >= 0.6 is 0 Å². The maximum absolute atomic E-state index is 6.09. The lowest BCUT2D eigenvalue weighted by atomic mass is 9.96. The SMILES string of the molecule is COc1ccc2cc(C(C)c3cc(/N=C(/N)N4CCOCC4)no3)ccc2c1. The first-order valence-electron chi connectivity index (χ1n) is 9.35. The summed E-state index contributed by atoms with van der Waals surface area (Å²) in [5, 5.41) is 6.35. The van der Waals surface area contributed by atoms with Crippen LogP contribution in [0.3, 0.4) is 0 Å². The molecule has 2 N–H and O–H groups in total. The van der Waals surface area contributed by atoms with E-state index in [1.54, 1.807) is 7.11 Å². The molecule has 2 aromatic carbocycles. The van der Waals surface area contributed by atoms with Crippen LogP contribution in [-0.2, 0) is 4.74 Å². The normalized spacial score (nSPS) is 16.4. The lowest BCUT2D eigenvalue weighted by molar-refractivity contribution is 0.0675. The Morgan fingerprint density at radius 2 is 1.89 bits per heavy atom. The average molecular weight is 380 g/mol. The minimum Gasteiger partial charge on any atom is -0.497 e. The van der Waals surface area contributed by atoms with Gasteiger partial charge in [0.15, 0.2) is 11.8 Å². The number of benzene rings is 2. The standard InChI is InChI=1S/C21H24N4O3/c1-14(15-3-4-17-12-18(26-2)6-5-16(17)11-15)19-13-20(24-28-19)23-21(22)25-7-9-27-10-8-25/h3-6,11-14H,7-10H2,1-2H3,(H2,22,23,24). The molecule has 3 aromatic rings. The van der Waals surface area contributed by atoms with Gasteiger partial charge in [0.05, 0.1) is 20.3 Å². The Kier molecular flexibility index (Phi) is 5.16. The number of methoxy groups -OCH3 is 1. The van der Waals surface area contributed by atoms with Gasteiger partial charge >= 0.3 is 0 Å². The van der Waals surface area contributed by atoms with Crippen molar-refractivity contribution >= 4 is 22.5 Å². The van der Waals surface area contributed by atoms with Crippen LogP contribution in [-0.4, -0.2) is 49.4 Å². The van der Waals surface area contributed by atoms with Gasteiger partial charge < -0.3 is 24.6 Å². The van der Waals surface area contributed by atoms with E-state index in [0.29, 0.717) is 25.0 Å². The van der Waals surface area contributed by atoms with Crippen molar-refractivity contribution in [3.05, 3.63) is 53.8 Å². The highest BCUT2D eigenvalue weighted by atomic mass is 16.5. The van der Waals surface area contributed by atoms with E-state index < -0.39 is 0 Å². The highest BCUT2D eigenvalue weighted by Gasteiger charge is 2.17. The molecule has 146 valence electrons. The van der Waals surface area contributed by atoms with Gasteiger partial charge in [0.1, 0.15) is 11.5 Å². The molecule has 0 radical (unpaired) electrons. The second-order valence-corrected chi connectivity index (χ2v) is 6.85. The van der Waals surface area contributed by atoms with Crippen molar-refractivity contribution in [1.29, 1.82) is 0 Å². The molecular formula is C21H24N4O3. The van der Waals surface area contributed by atoms with E-state index in [9.17, 15) is 0 Å². The number of hydrogen-bond acceptors (Lipinski definition) is 5. The van der Waals surface area contributed by atoms with Crippen LogP contribution in [0.15, 0.2) is 52.0 Å². The van der Waals surface area contributed by atoms with Gasteiger partial charge in [-0.05, 0) is 28.5 Å². The molecule has 0 spiro atoms. The minimum atomic E-state index is 0.0487. The summed E-state index contributed by atoms with van der Waals surface area (Å²) < 4.78 is 16.2. The number of rotatable bonds is 4. The van der Waals surface area contributed by atoms with E-state index in [-0.39, 0.29) is 5.92 Å². The molecule has 7 nitrogen and oxygen atoms in total. The zero-order valence-electron chi connectivity index (χ0n) is 16.1. The molecule has 2 heterocycles. The molecule has 0 aliphatic carbocycles. The summed E-state index contributed by atoms with van der Waals surface area (Å²) in [4.78, 5) is 6.38. The Labute approximate surface area is 163 Å². The second-order valence-electron chi connectivity index (χ2n) is 6.85. The molecule has 1 saturated heterocycles. The van der Waals surface area contributed by atoms with E-state index in [1.165, 1.54) is 0 Å². The summed E-state index contributed by atoms with van der Waals surface area (Å²) in [7, 11) is 1.67. The highest BCUT2D eigenvalue weighted by Crippen LogP contribution is 2.30. The third-order valence-electron chi connectivity index (χ3n) is 5.08. The number of guanidine groups is 1. The predicted octanol–water partition coefficient (Wildman–Crippen LogP) is 3.27. The van der Waals surface area contributed by atoms with Crippen molar-refractivity contribution in [2.45, 2.75) is 12.8 Å². The molecule has 1 atom stereocenters. The number of hydrogen-bond donors (Lipinski definition) is 1. The fourth-order valence-electron chi connectivity index (χ4n) is 3.32. The van der Waals surface area contributed by atoms with Crippen molar-refractivity contribution in [3.63, 3.8) is 0 Å². The third-order valence-corrected chi connectivity index (χ3v) is 5.08. The topological polar surface area (TPSA) is 86.1 Å². The molecule has 0 saturated carbocycles. The van der Waals surface area contributed by atoms with E-state index in [4.69, 9.17) is 19.7 Å². The van der Waals surface area contributed by atoms with E-state index in [0.717, 1.165) is 40.9 Å². The van der Waals surface area contributed by atoms with Crippen LogP contribution < -0.4 is 10.5 Å². The van der Waals surface area contributed by atoms with Gasteiger partial charge in [-0.15, -0.1) is 0 Å². The van der Waals surface area contributed by atoms with Gasteiger partial charge in [-0.3, -0.25) is 0 Å². The van der Waals surface area contributed by atoms with Crippen LogP contribution in [0.2, 0.25) is 0 Å². The number of nitrogens with zero attached hydrogens (tertiary/aromatic N) is 3.